The second-order valence-corrected chi connectivity index (χ2v) is 19.7. The van der Waals surface area contributed by atoms with E-state index in [0.717, 1.165) is 70.6 Å². The van der Waals surface area contributed by atoms with E-state index in [1.54, 1.807) is 0 Å². The molecule has 2 aliphatic heterocycles. The minimum absolute atomic E-state index is 0.0321. The zero-order valence-corrected chi connectivity index (χ0v) is 44.7. The average Bonchev–Trinajstić information content (AvgIpc) is 3.38. The molecule has 7 N–H and O–H groups in total. The second-order valence-electron chi connectivity index (χ2n) is 19.7. The van der Waals surface area contributed by atoms with E-state index in [9.17, 15) is 40.5 Å². The van der Waals surface area contributed by atoms with Crippen LogP contribution in [0.4, 0.5) is 0 Å². The van der Waals surface area contributed by atoms with E-state index in [0.29, 0.717) is 13.0 Å². The van der Waals surface area contributed by atoms with Gasteiger partial charge in [0, 0.05) is 13.0 Å². The van der Waals surface area contributed by atoms with Gasteiger partial charge in [-0.05, 0) is 57.8 Å². The Morgan fingerprint density at radius 2 is 0.903 bits per heavy atom. The molecule has 0 spiro atoms. The Hall–Kier alpha value is -2.31. The lowest BCUT2D eigenvalue weighted by Crippen LogP contribution is -2.61. The maximum Gasteiger partial charge on any atom is 0.306 e. The van der Waals surface area contributed by atoms with Gasteiger partial charge in [0.1, 0.15) is 54.9 Å². The number of hydrogen-bond donors (Lipinski definition) is 7. The standard InChI is InChI=1S/C58H102O14/c1-3-5-7-9-11-13-15-17-19-21-23-24-25-27-29-31-33-35-37-39-41-50(60)70-47(44-67-42-40-38-36-34-32-30-28-26-22-20-18-16-14-12-10-8-6-4-2)45-68-57-56(66)54(64)52(62)49(72-57)46-69-58-55(65)53(63)51(61)48(43-59)71-58/h6,8,12,14,18,20,26,28,32,34,47-49,51-59,61-66H,3-5,7,9-11,13,15-17,19,21-25,27,29-31,33,35-46H2,1-2H3/b8-6-,14-12-,20-18-,28-26-,34-32-. The Morgan fingerprint density at radius 3 is 1.39 bits per heavy atom. The van der Waals surface area contributed by atoms with E-state index < -0.39 is 80.7 Å². The number of hydrogen-bond acceptors (Lipinski definition) is 14. The van der Waals surface area contributed by atoms with Crippen LogP contribution in [0.2, 0.25) is 0 Å². The van der Waals surface area contributed by atoms with Crippen molar-refractivity contribution in [2.24, 2.45) is 0 Å². The Labute approximate surface area is 434 Å². The largest absolute Gasteiger partial charge is 0.457 e. The molecule has 2 heterocycles. The van der Waals surface area contributed by atoms with E-state index in [4.69, 9.17) is 28.4 Å². The third kappa shape index (κ3) is 31.5. The van der Waals surface area contributed by atoms with Crippen LogP contribution in [-0.4, -0.2) is 142 Å². The summed E-state index contributed by atoms with van der Waals surface area (Å²) in [6, 6.07) is 0. The lowest BCUT2D eigenvalue weighted by atomic mass is 9.98. The monoisotopic (exact) mass is 1020 g/mol. The van der Waals surface area contributed by atoms with E-state index >= 15 is 0 Å². The highest BCUT2D eigenvalue weighted by atomic mass is 16.7. The van der Waals surface area contributed by atoms with Crippen molar-refractivity contribution in [3.8, 4) is 0 Å². The van der Waals surface area contributed by atoms with Crippen molar-refractivity contribution < 1.29 is 69.0 Å². The molecular formula is C58H102O14. The fourth-order valence-electron chi connectivity index (χ4n) is 8.72. The molecule has 2 fully saturated rings. The second kappa shape index (κ2) is 44.9. The number of aliphatic hydroxyl groups excluding tert-OH is 7. The van der Waals surface area contributed by atoms with Gasteiger partial charge in [-0.2, -0.15) is 0 Å². The van der Waals surface area contributed by atoms with Crippen LogP contribution in [0.5, 0.6) is 0 Å². The summed E-state index contributed by atoms with van der Waals surface area (Å²) in [5, 5.41) is 72.3. The fourth-order valence-corrected chi connectivity index (χ4v) is 8.72. The average molecular weight is 1020 g/mol. The molecule has 0 aromatic carbocycles. The highest BCUT2D eigenvalue weighted by molar-refractivity contribution is 5.69. The number of allylic oxidation sites excluding steroid dienone is 10. The molecule has 2 aliphatic rings. The number of carbonyl (C=O) groups is 1. The van der Waals surface area contributed by atoms with Crippen molar-refractivity contribution in [1.82, 2.24) is 0 Å². The Bertz CT molecular complexity index is 1420. The van der Waals surface area contributed by atoms with Crippen molar-refractivity contribution in [3.05, 3.63) is 60.8 Å². The first-order chi connectivity index (χ1) is 35.1. The van der Waals surface area contributed by atoms with Gasteiger partial charge in [0.25, 0.3) is 0 Å². The first-order valence-electron chi connectivity index (χ1n) is 28.4. The van der Waals surface area contributed by atoms with Gasteiger partial charge in [0.05, 0.1) is 26.4 Å². The highest BCUT2D eigenvalue weighted by Gasteiger charge is 2.47. The van der Waals surface area contributed by atoms with Crippen LogP contribution in [0.15, 0.2) is 60.8 Å². The highest BCUT2D eigenvalue weighted by Crippen LogP contribution is 2.26. The third-order valence-electron chi connectivity index (χ3n) is 13.3. The maximum atomic E-state index is 13.1. The molecule has 0 bridgehead atoms. The zero-order valence-electron chi connectivity index (χ0n) is 44.7. The zero-order chi connectivity index (χ0) is 52.3. The number of rotatable bonds is 45. The van der Waals surface area contributed by atoms with E-state index in [-0.39, 0.29) is 25.6 Å². The molecule has 0 aromatic heterocycles. The summed E-state index contributed by atoms with van der Waals surface area (Å²) in [5.74, 6) is -0.389. The molecule has 418 valence electrons. The first-order valence-corrected chi connectivity index (χ1v) is 28.4. The van der Waals surface area contributed by atoms with Crippen LogP contribution in [0.25, 0.3) is 0 Å². The SMILES string of the molecule is CC/C=C\C/C=C\C/C=C\C/C=C\C/C=C\CCCCOCC(COC1OC(COC2OC(CO)C(O)C(O)C2O)C(O)C(O)C1O)OC(=O)CCCCCCCCCCCCCCCCCCCCCC. The Kier molecular flexibility index (Phi) is 41.1. The van der Waals surface area contributed by atoms with Crippen LogP contribution in [0, 0.1) is 0 Å². The van der Waals surface area contributed by atoms with Gasteiger partial charge in [0.2, 0.25) is 0 Å². The van der Waals surface area contributed by atoms with Crippen molar-refractivity contribution >= 4 is 5.97 Å². The molecule has 0 amide bonds. The number of carbonyl (C=O) groups excluding carboxylic acids is 1. The van der Waals surface area contributed by atoms with Crippen LogP contribution >= 0.6 is 0 Å². The van der Waals surface area contributed by atoms with Gasteiger partial charge in [-0.1, -0.05) is 197 Å². The van der Waals surface area contributed by atoms with Crippen molar-refractivity contribution in [2.45, 2.75) is 268 Å². The normalized spacial score (nSPS) is 25.6. The van der Waals surface area contributed by atoms with E-state index in [1.807, 2.05) is 0 Å². The van der Waals surface area contributed by atoms with Crippen LogP contribution in [0.3, 0.4) is 0 Å². The Balaban J connectivity index is 1.75. The fraction of sp³-hybridized carbons (Fsp3) is 0.810. The topological polar surface area (TPSA) is 214 Å². The summed E-state index contributed by atoms with van der Waals surface area (Å²) in [6.07, 6.45) is 38.6. The quantitative estimate of drug-likeness (QED) is 0.0172. The molecule has 0 aliphatic carbocycles. The van der Waals surface area contributed by atoms with E-state index in [2.05, 4.69) is 74.6 Å². The van der Waals surface area contributed by atoms with Crippen molar-refractivity contribution in [3.63, 3.8) is 0 Å². The maximum absolute atomic E-state index is 13.1. The van der Waals surface area contributed by atoms with Crippen molar-refractivity contribution in [1.29, 1.82) is 0 Å². The summed E-state index contributed by atoms with van der Waals surface area (Å²) in [4.78, 5) is 13.1. The molecule has 11 atom stereocenters. The number of unbranched alkanes of at least 4 members (excludes halogenated alkanes) is 21. The smallest absolute Gasteiger partial charge is 0.306 e. The van der Waals surface area contributed by atoms with Crippen LogP contribution in [-0.2, 0) is 33.2 Å². The molecule has 0 aromatic rings. The predicted octanol–water partition coefficient (Wildman–Crippen LogP) is 9.69. The number of esters is 1. The minimum Gasteiger partial charge on any atom is -0.457 e. The molecular weight excluding hydrogens is 921 g/mol. The van der Waals surface area contributed by atoms with Gasteiger partial charge in [-0.15, -0.1) is 0 Å². The van der Waals surface area contributed by atoms with E-state index in [1.165, 1.54) is 103 Å². The predicted molar refractivity (Wildman–Crippen MR) is 284 cm³/mol. The van der Waals surface area contributed by atoms with Gasteiger partial charge in [-0.3, -0.25) is 4.79 Å². The van der Waals surface area contributed by atoms with Crippen molar-refractivity contribution in [2.75, 3.05) is 33.0 Å². The third-order valence-corrected chi connectivity index (χ3v) is 13.3. The summed E-state index contributed by atoms with van der Waals surface area (Å²) >= 11 is 0. The number of ether oxygens (including phenoxy) is 6. The van der Waals surface area contributed by atoms with Gasteiger partial charge >= 0.3 is 5.97 Å². The summed E-state index contributed by atoms with van der Waals surface area (Å²) in [5.41, 5.74) is 0. The molecule has 14 heteroatoms. The van der Waals surface area contributed by atoms with Gasteiger partial charge < -0.3 is 64.2 Å². The minimum atomic E-state index is -1.72. The molecule has 72 heavy (non-hydrogen) atoms. The van der Waals surface area contributed by atoms with Crippen LogP contribution in [0.1, 0.15) is 200 Å². The molecule has 0 saturated carbocycles. The molecule has 11 unspecified atom stereocenters. The molecule has 14 nitrogen and oxygen atoms in total. The summed E-state index contributed by atoms with van der Waals surface area (Å²) in [7, 11) is 0. The lowest BCUT2D eigenvalue weighted by molar-refractivity contribution is -0.332. The lowest BCUT2D eigenvalue weighted by Gasteiger charge is -2.42. The Morgan fingerprint density at radius 1 is 0.472 bits per heavy atom. The molecule has 2 saturated heterocycles. The van der Waals surface area contributed by atoms with Gasteiger partial charge in [-0.25, -0.2) is 0 Å². The molecule has 0 radical (unpaired) electrons. The summed E-state index contributed by atoms with van der Waals surface area (Å²) in [6.45, 7) is 3.48. The van der Waals surface area contributed by atoms with Gasteiger partial charge in [0.15, 0.2) is 12.6 Å². The first kappa shape index (κ1) is 65.8. The molecule has 2 rings (SSSR count). The summed E-state index contributed by atoms with van der Waals surface area (Å²) < 4.78 is 34.3. The van der Waals surface area contributed by atoms with Crippen LogP contribution < -0.4 is 0 Å². The number of aliphatic hydroxyl groups is 7.